The Morgan fingerprint density at radius 1 is 1.27 bits per heavy atom. The number of Topliss-reactive ketones (excluding diaryl/α,β-unsaturated/α-hetero) is 1. The van der Waals surface area contributed by atoms with E-state index < -0.39 is 6.10 Å². The summed E-state index contributed by atoms with van der Waals surface area (Å²) in [5.74, 6) is -0.219. The molecular formula is C12H10O3. The van der Waals surface area contributed by atoms with Crippen molar-refractivity contribution in [3.8, 4) is 0 Å². The van der Waals surface area contributed by atoms with Gasteiger partial charge in [0.25, 0.3) is 0 Å². The van der Waals surface area contributed by atoms with Gasteiger partial charge >= 0.3 is 0 Å². The molecule has 0 spiro atoms. The maximum absolute atomic E-state index is 11.8. The summed E-state index contributed by atoms with van der Waals surface area (Å²) < 4.78 is 5.11. The molecule has 1 heterocycles. The summed E-state index contributed by atoms with van der Waals surface area (Å²) in [6, 6.07) is 8.84. The molecule has 0 aromatic heterocycles. The zero-order valence-electron chi connectivity index (χ0n) is 8.05. The van der Waals surface area contributed by atoms with Crippen LogP contribution >= 0.6 is 0 Å². The van der Waals surface area contributed by atoms with Crippen molar-refractivity contribution in [3.63, 3.8) is 0 Å². The summed E-state index contributed by atoms with van der Waals surface area (Å²) in [5, 5.41) is 0. The summed E-state index contributed by atoms with van der Waals surface area (Å²) >= 11 is 0. The lowest BCUT2D eigenvalue weighted by Crippen LogP contribution is -2.27. The van der Waals surface area contributed by atoms with Crippen LogP contribution in [0.15, 0.2) is 42.7 Å². The van der Waals surface area contributed by atoms with Crippen LogP contribution in [0, 0.1) is 0 Å². The highest BCUT2D eigenvalue weighted by atomic mass is 16.5. The van der Waals surface area contributed by atoms with Crippen LogP contribution in [0.4, 0.5) is 0 Å². The molecule has 3 heteroatoms. The fourth-order valence-electron chi connectivity index (χ4n) is 1.45. The summed E-state index contributed by atoms with van der Waals surface area (Å²) in [4.78, 5) is 22.9. The molecule has 0 unspecified atom stereocenters. The molecule has 0 fully saturated rings. The Morgan fingerprint density at radius 2 is 2.00 bits per heavy atom. The number of ketones is 2. The van der Waals surface area contributed by atoms with E-state index in [1.54, 1.807) is 24.3 Å². The maximum atomic E-state index is 11.8. The van der Waals surface area contributed by atoms with Crippen molar-refractivity contribution in [1.82, 2.24) is 0 Å². The van der Waals surface area contributed by atoms with E-state index in [-0.39, 0.29) is 18.0 Å². The van der Waals surface area contributed by atoms with Crippen LogP contribution in [0.1, 0.15) is 16.8 Å². The number of rotatable bonds is 2. The van der Waals surface area contributed by atoms with Crippen molar-refractivity contribution in [2.24, 2.45) is 0 Å². The van der Waals surface area contributed by atoms with E-state index >= 15 is 0 Å². The third kappa shape index (κ3) is 2.13. The average Bonchev–Trinajstić information content (AvgIpc) is 2.29. The molecule has 0 amide bonds. The first kappa shape index (κ1) is 9.65. The maximum Gasteiger partial charge on any atom is 0.203 e. The van der Waals surface area contributed by atoms with Crippen molar-refractivity contribution in [3.05, 3.63) is 48.2 Å². The molecule has 1 aromatic carbocycles. The van der Waals surface area contributed by atoms with Gasteiger partial charge in [-0.25, -0.2) is 0 Å². The van der Waals surface area contributed by atoms with Crippen LogP contribution in [0.25, 0.3) is 0 Å². The van der Waals surface area contributed by atoms with E-state index in [0.717, 1.165) is 0 Å². The number of allylic oxidation sites excluding steroid dienone is 1. The normalized spacial score (nSPS) is 19.7. The Kier molecular flexibility index (Phi) is 2.63. The quantitative estimate of drug-likeness (QED) is 0.686. The zero-order chi connectivity index (χ0) is 10.7. The van der Waals surface area contributed by atoms with E-state index in [9.17, 15) is 9.59 Å². The minimum Gasteiger partial charge on any atom is -0.489 e. The van der Waals surface area contributed by atoms with Crippen LogP contribution in [0.5, 0.6) is 0 Å². The third-order valence-corrected chi connectivity index (χ3v) is 2.23. The second kappa shape index (κ2) is 4.09. The number of carbonyl (C=O) groups is 2. The van der Waals surface area contributed by atoms with Crippen LogP contribution < -0.4 is 0 Å². The first-order chi connectivity index (χ1) is 7.27. The Hall–Kier alpha value is -1.90. The van der Waals surface area contributed by atoms with Gasteiger partial charge in [0, 0.05) is 11.6 Å². The van der Waals surface area contributed by atoms with E-state index in [1.807, 2.05) is 6.07 Å². The molecule has 0 saturated carbocycles. The second-order valence-corrected chi connectivity index (χ2v) is 3.33. The summed E-state index contributed by atoms with van der Waals surface area (Å²) in [6.45, 7) is 0. The Labute approximate surface area is 87.4 Å². The van der Waals surface area contributed by atoms with Crippen LogP contribution in [0.3, 0.4) is 0 Å². The highest BCUT2D eigenvalue weighted by Gasteiger charge is 2.25. The Bertz CT molecular complexity index is 406. The van der Waals surface area contributed by atoms with Crippen molar-refractivity contribution >= 4 is 11.6 Å². The van der Waals surface area contributed by atoms with Gasteiger partial charge in [0.05, 0.1) is 12.7 Å². The molecule has 15 heavy (non-hydrogen) atoms. The molecular weight excluding hydrogens is 192 g/mol. The van der Waals surface area contributed by atoms with E-state index in [1.165, 1.54) is 12.3 Å². The van der Waals surface area contributed by atoms with Crippen LogP contribution in [0.2, 0.25) is 0 Å². The first-order valence-corrected chi connectivity index (χ1v) is 4.71. The summed E-state index contributed by atoms with van der Waals surface area (Å²) in [7, 11) is 0. The van der Waals surface area contributed by atoms with Crippen LogP contribution in [-0.2, 0) is 9.53 Å². The molecule has 0 saturated heterocycles. The van der Waals surface area contributed by atoms with Gasteiger partial charge in [0.15, 0.2) is 11.9 Å². The minimum atomic E-state index is -0.662. The van der Waals surface area contributed by atoms with Gasteiger partial charge in [-0.05, 0) is 0 Å². The lowest BCUT2D eigenvalue weighted by molar-refractivity contribution is -0.117. The molecule has 1 aliphatic rings. The van der Waals surface area contributed by atoms with Gasteiger partial charge < -0.3 is 4.74 Å². The fraction of sp³-hybridized carbons (Fsp3) is 0.167. The second-order valence-electron chi connectivity index (χ2n) is 3.33. The van der Waals surface area contributed by atoms with Gasteiger partial charge in [-0.1, -0.05) is 30.3 Å². The Morgan fingerprint density at radius 3 is 2.67 bits per heavy atom. The molecule has 0 aliphatic carbocycles. The molecule has 1 aliphatic heterocycles. The fourth-order valence-corrected chi connectivity index (χ4v) is 1.45. The van der Waals surface area contributed by atoms with E-state index in [4.69, 9.17) is 4.74 Å². The number of ether oxygens (including phenoxy) is 1. The number of benzene rings is 1. The Balaban J connectivity index is 2.16. The SMILES string of the molecule is O=C1C=CO[C@@H](C(=O)c2ccccc2)C1. The smallest absolute Gasteiger partial charge is 0.203 e. The zero-order valence-corrected chi connectivity index (χ0v) is 8.05. The molecule has 0 bridgehead atoms. The molecule has 2 rings (SSSR count). The van der Waals surface area contributed by atoms with Gasteiger partial charge in [0.2, 0.25) is 5.78 Å². The summed E-state index contributed by atoms with van der Waals surface area (Å²) in [6.07, 6.45) is 2.10. The van der Waals surface area contributed by atoms with Crippen LogP contribution in [-0.4, -0.2) is 17.7 Å². The topological polar surface area (TPSA) is 43.4 Å². The predicted molar refractivity (Wildman–Crippen MR) is 54.4 cm³/mol. The number of hydrogen-bond donors (Lipinski definition) is 0. The average molecular weight is 202 g/mol. The van der Waals surface area contributed by atoms with Crippen molar-refractivity contribution < 1.29 is 14.3 Å². The lowest BCUT2D eigenvalue weighted by Gasteiger charge is -2.17. The van der Waals surface area contributed by atoms with E-state index in [0.29, 0.717) is 5.56 Å². The molecule has 1 aromatic rings. The van der Waals surface area contributed by atoms with Crippen molar-refractivity contribution in [1.29, 1.82) is 0 Å². The van der Waals surface area contributed by atoms with E-state index in [2.05, 4.69) is 0 Å². The minimum absolute atomic E-state index is 0.0736. The number of carbonyl (C=O) groups excluding carboxylic acids is 2. The van der Waals surface area contributed by atoms with Gasteiger partial charge in [-0.3, -0.25) is 9.59 Å². The summed E-state index contributed by atoms with van der Waals surface area (Å²) in [5.41, 5.74) is 0.575. The van der Waals surface area contributed by atoms with Gasteiger partial charge in [-0.15, -0.1) is 0 Å². The van der Waals surface area contributed by atoms with Gasteiger partial charge in [0.1, 0.15) is 0 Å². The molecule has 0 radical (unpaired) electrons. The molecule has 0 N–H and O–H groups in total. The molecule has 76 valence electrons. The largest absolute Gasteiger partial charge is 0.489 e. The third-order valence-electron chi connectivity index (χ3n) is 2.23. The van der Waals surface area contributed by atoms with Crippen molar-refractivity contribution in [2.75, 3.05) is 0 Å². The highest BCUT2D eigenvalue weighted by molar-refractivity contribution is 6.03. The highest BCUT2D eigenvalue weighted by Crippen LogP contribution is 2.13. The van der Waals surface area contributed by atoms with Gasteiger partial charge in [-0.2, -0.15) is 0 Å². The first-order valence-electron chi connectivity index (χ1n) is 4.71. The standard InChI is InChI=1S/C12H10O3/c13-10-6-7-15-11(8-10)12(14)9-4-2-1-3-5-9/h1-7,11H,8H2/t11-/m1/s1. The molecule has 1 atom stereocenters. The van der Waals surface area contributed by atoms with Crippen molar-refractivity contribution in [2.45, 2.75) is 12.5 Å². The lowest BCUT2D eigenvalue weighted by atomic mass is 10.0. The monoisotopic (exact) mass is 202 g/mol. The predicted octanol–water partition coefficient (Wildman–Crippen LogP) is 1.74. The number of hydrogen-bond acceptors (Lipinski definition) is 3. The molecule has 3 nitrogen and oxygen atoms in total.